The van der Waals surface area contributed by atoms with E-state index in [1.165, 1.54) is 0 Å². The second kappa shape index (κ2) is 4.87. The van der Waals surface area contributed by atoms with E-state index in [1.54, 1.807) is 17.0 Å². The summed E-state index contributed by atoms with van der Waals surface area (Å²) in [5.41, 5.74) is -0.0888. The van der Waals surface area contributed by atoms with E-state index in [0.717, 1.165) is 12.8 Å². The second-order valence-corrected chi connectivity index (χ2v) is 4.90. The summed E-state index contributed by atoms with van der Waals surface area (Å²) >= 11 is 0. The van der Waals surface area contributed by atoms with Crippen LogP contribution in [0.3, 0.4) is 0 Å². The Morgan fingerprint density at radius 3 is 2.82 bits per heavy atom. The third-order valence-electron chi connectivity index (χ3n) is 3.13. The molecule has 5 heteroatoms. The predicted molar refractivity (Wildman–Crippen MR) is 66.1 cm³/mol. The molecular weight excluding hydrogens is 218 g/mol. The van der Waals surface area contributed by atoms with Crippen LogP contribution in [0.15, 0.2) is 17.2 Å². The van der Waals surface area contributed by atoms with Gasteiger partial charge in [0, 0.05) is 18.4 Å². The first-order valence-corrected chi connectivity index (χ1v) is 6.08. The molecule has 1 fully saturated rings. The number of aromatic nitrogens is 2. The smallest absolute Gasteiger partial charge is 0.293 e. The first-order valence-electron chi connectivity index (χ1n) is 6.08. The average Bonchev–Trinajstić information content (AvgIpc) is 3.11. The Morgan fingerprint density at radius 2 is 2.29 bits per heavy atom. The molecule has 17 heavy (non-hydrogen) atoms. The lowest BCUT2D eigenvalue weighted by Gasteiger charge is -2.20. The van der Waals surface area contributed by atoms with Crippen LogP contribution in [0.1, 0.15) is 32.7 Å². The van der Waals surface area contributed by atoms with Crippen molar-refractivity contribution in [3.8, 4) is 0 Å². The van der Waals surface area contributed by atoms with Crippen molar-refractivity contribution in [3.63, 3.8) is 0 Å². The maximum absolute atomic E-state index is 12.1. The number of anilines is 1. The third-order valence-corrected chi connectivity index (χ3v) is 3.13. The van der Waals surface area contributed by atoms with Gasteiger partial charge in [-0.1, -0.05) is 13.8 Å². The van der Waals surface area contributed by atoms with E-state index in [-0.39, 0.29) is 24.1 Å². The quantitative estimate of drug-likeness (QED) is 0.802. The third kappa shape index (κ3) is 2.66. The lowest BCUT2D eigenvalue weighted by Crippen LogP contribution is -2.34. The van der Waals surface area contributed by atoms with Crippen molar-refractivity contribution in [1.82, 2.24) is 9.55 Å². The summed E-state index contributed by atoms with van der Waals surface area (Å²) < 4.78 is 1.73. The summed E-state index contributed by atoms with van der Waals surface area (Å²) in [7, 11) is 0. The minimum absolute atomic E-state index is 0.00287. The van der Waals surface area contributed by atoms with Crippen molar-refractivity contribution in [2.45, 2.75) is 38.8 Å². The molecule has 0 spiro atoms. The highest BCUT2D eigenvalue weighted by Gasteiger charge is 2.25. The van der Waals surface area contributed by atoms with Gasteiger partial charge < -0.3 is 15.0 Å². The van der Waals surface area contributed by atoms with Crippen LogP contribution in [-0.2, 0) is 0 Å². The zero-order valence-corrected chi connectivity index (χ0v) is 10.3. The van der Waals surface area contributed by atoms with Crippen molar-refractivity contribution in [3.05, 3.63) is 22.7 Å². The molecule has 1 heterocycles. The van der Waals surface area contributed by atoms with Gasteiger partial charge in [-0.25, -0.2) is 4.98 Å². The van der Waals surface area contributed by atoms with Crippen LogP contribution in [-0.4, -0.2) is 27.3 Å². The van der Waals surface area contributed by atoms with E-state index in [9.17, 15) is 9.90 Å². The topological polar surface area (TPSA) is 67.2 Å². The van der Waals surface area contributed by atoms with Crippen molar-refractivity contribution in [2.75, 3.05) is 11.9 Å². The summed E-state index contributed by atoms with van der Waals surface area (Å²) in [6, 6.07) is 0.211. The molecule has 1 aromatic rings. The van der Waals surface area contributed by atoms with Gasteiger partial charge in [0.2, 0.25) is 0 Å². The number of aliphatic hydroxyl groups excluding tert-OH is 1. The van der Waals surface area contributed by atoms with Crippen molar-refractivity contribution >= 4 is 5.82 Å². The lowest BCUT2D eigenvalue weighted by atomic mass is 10.1. The molecule has 0 amide bonds. The van der Waals surface area contributed by atoms with Crippen molar-refractivity contribution < 1.29 is 5.11 Å². The van der Waals surface area contributed by atoms with Gasteiger partial charge in [-0.15, -0.1) is 0 Å². The maximum Gasteiger partial charge on any atom is 0.293 e. The monoisotopic (exact) mass is 237 g/mol. The minimum atomic E-state index is -0.134. The molecule has 0 unspecified atom stereocenters. The molecule has 1 aliphatic rings. The molecule has 2 N–H and O–H groups in total. The molecule has 1 atom stereocenters. The Hall–Kier alpha value is -1.36. The van der Waals surface area contributed by atoms with E-state index < -0.39 is 0 Å². The fraction of sp³-hybridized carbons (Fsp3) is 0.667. The van der Waals surface area contributed by atoms with Crippen LogP contribution in [0, 0.1) is 5.92 Å². The molecule has 0 aliphatic heterocycles. The van der Waals surface area contributed by atoms with Crippen LogP contribution in [0.5, 0.6) is 0 Å². The Kier molecular flexibility index (Phi) is 3.47. The predicted octanol–water partition coefficient (Wildman–Crippen LogP) is 1.01. The number of nitrogens with zero attached hydrogens (tertiary/aromatic N) is 2. The number of rotatable bonds is 5. The molecule has 5 nitrogen and oxygen atoms in total. The van der Waals surface area contributed by atoms with E-state index >= 15 is 0 Å². The summed E-state index contributed by atoms with van der Waals surface area (Å²) in [5.74, 6) is 0.586. The number of hydrogen-bond acceptors (Lipinski definition) is 4. The Morgan fingerprint density at radius 1 is 1.59 bits per heavy atom. The highest BCUT2D eigenvalue weighted by molar-refractivity contribution is 5.33. The Balaban J connectivity index is 2.20. The van der Waals surface area contributed by atoms with Gasteiger partial charge in [0.05, 0.1) is 12.6 Å². The molecule has 94 valence electrons. The molecule has 0 aromatic carbocycles. The average molecular weight is 237 g/mol. The lowest BCUT2D eigenvalue weighted by molar-refractivity contribution is 0.249. The molecular formula is C12H19N3O2. The molecule has 1 aliphatic carbocycles. The zero-order valence-electron chi connectivity index (χ0n) is 10.3. The first kappa shape index (κ1) is 12.1. The summed E-state index contributed by atoms with van der Waals surface area (Å²) in [6.45, 7) is 3.99. The Labute approximate surface area is 100 Å². The minimum Gasteiger partial charge on any atom is -0.394 e. The number of nitrogens with one attached hydrogen (secondary N) is 1. The SMILES string of the molecule is CC(C)[C@@H](CO)Nc1nccn(C2CC2)c1=O. The van der Waals surface area contributed by atoms with E-state index in [1.807, 2.05) is 13.8 Å². The zero-order chi connectivity index (χ0) is 12.4. The van der Waals surface area contributed by atoms with Crippen LogP contribution in [0.4, 0.5) is 5.82 Å². The Bertz CT molecular complexity index is 438. The fourth-order valence-corrected chi connectivity index (χ4v) is 1.76. The number of hydrogen-bond donors (Lipinski definition) is 2. The normalized spacial score (nSPS) is 17.2. The van der Waals surface area contributed by atoms with Crippen LogP contribution >= 0.6 is 0 Å². The molecule has 1 saturated carbocycles. The van der Waals surface area contributed by atoms with Crippen LogP contribution in [0.25, 0.3) is 0 Å². The highest BCUT2D eigenvalue weighted by atomic mass is 16.3. The summed E-state index contributed by atoms with van der Waals surface area (Å²) in [5, 5.41) is 12.3. The maximum atomic E-state index is 12.1. The summed E-state index contributed by atoms with van der Waals surface area (Å²) in [4.78, 5) is 16.1. The molecule has 1 aromatic heterocycles. The van der Waals surface area contributed by atoms with Crippen LogP contribution in [0.2, 0.25) is 0 Å². The van der Waals surface area contributed by atoms with Gasteiger partial charge in [0.1, 0.15) is 0 Å². The molecule has 0 saturated heterocycles. The largest absolute Gasteiger partial charge is 0.394 e. The van der Waals surface area contributed by atoms with E-state index in [4.69, 9.17) is 0 Å². The standard InChI is InChI=1S/C12H19N3O2/c1-8(2)10(7-16)14-11-12(17)15(6-5-13-11)9-3-4-9/h5-6,8-10,16H,3-4,7H2,1-2H3,(H,13,14)/t10-/m1/s1. The van der Waals surface area contributed by atoms with Gasteiger partial charge in [0.25, 0.3) is 5.56 Å². The number of aliphatic hydroxyl groups is 1. The second-order valence-electron chi connectivity index (χ2n) is 4.90. The van der Waals surface area contributed by atoms with Gasteiger partial charge in [-0.3, -0.25) is 4.79 Å². The van der Waals surface area contributed by atoms with Crippen molar-refractivity contribution in [2.24, 2.45) is 5.92 Å². The van der Waals surface area contributed by atoms with Gasteiger partial charge in [-0.2, -0.15) is 0 Å². The van der Waals surface area contributed by atoms with Crippen molar-refractivity contribution in [1.29, 1.82) is 0 Å². The van der Waals surface area contributed by atoms with Gasteiger partial charge in [0.15, 0.2) is 5.82 Å². The molecule has 0 bridgehead atoms. The fourth-order valence-electron chi connectivity index (χ4n) is 1.76. The first-order chi connectivity index (χ1) is 8.13. The molecule has 0 radical (unpaired) electrons. The highest BCUT2D eigenvalue weighted by Crippen LogP contribution is 2.33. The van der Waals surface area contributed by atoms with E-state index in [2.05, 4.69) is 10.3 Å². The van der Waals surface area contributed by atoms with Gasteiger partial charge in [-0.05, 0) is 18.8 Å². The summed E-state index contributed by atoms with van der Waals surface area (Å²) in [6.07, 6.45) is 5.50. The van der Waals surface area contributed by atoms with E-state index in [0.29, 0.717) is 11.9 Å². The molecule has 2 rings (SSSR count). The van der Waals surface area contributed by atoms with Crippen LogP contribution < -0.4 is 10.9 Å². The van der Waals surface area contributed by atoms with Gasteiger partial charge >= 0.3 is 0 Å².